The van der Waals surface area contributed by atoms with Gasteiger partial charge in [0.1, 0.15) is 0 Å². The largest absolute Gasteiger partial charge is 0.310 e. The molecule has 2 aliphatic rings. The lowest BCUT2D eigenvalue weighted by Crippen LogP contribution is -2.26. The van der Waals surface area contributed by atoms with E-state index in [-0.39, 0.29) is 0 Å². The quantitative estimate of drug-likeness (QED) is 0.165. The van der Waals surface area contributed by atoms with Crippen molar-refractivity contribution in [3.05, 3.63) is 241 Å². The Hall–Kier alpha value is -7.24. The minimum atomic E-state index is -0.558. The fourth-order valence-corrected chi connectivity index (χ4v) is 12.9. The maximum Gasteiger partial charge on any atom is 0.0741 e. The van der Waals surface area contributed by atoms with Crippen molar-refractivity contribution >= 4 is 87.1 Å². The van der Waals surface area contributed by atoms with Crippen LogP contribution in [0.3, 0.4) is 0 Å². The van der Waals surface area contributed by atoms with Crippen LogP contribution < -0.4 is 9.80 Å². The van der Waals surface area contributed by atoms with E-state index in [9.17, 15) is 0 Å². The molecule has 1 unspecified atom stereocenters. The van der Waals surface area contributed by atoms with Gasteiger partial charge in [0.15, 0.2) is 0 Å². The summed E-state index contributed by atoms with van der Waals surface area (Å²) in [5.74, 6) is 0. The second-order valence-corrected chi connectivity index (χ2v) is 18.1. The highest BCUT2D eigenvalue weighted by atomic mass is 32.1. The molecule has 286 valence electrons. The van der Waals surface area contributed by atoms with Gasteiger partial charge in [0, 0.05) is 63.6 Å². The van der Waals surface area contributed by atoms with Crippen LogP contribution in [0.15, 0.2) is 218 Å². The Morgan fingerprint density at radius 2 is 0.820 bits per heavy atom. The molecule has 2 aromatic heterocycles. The smallest absolute Gasteiger partial charge is 0.0741 e. The number of nitrogens with zero attached hydrogens (tertiary/aromatic N) is 2. The molecule has 0 amide bonds. The molecule has 0 radical (unpaired) electrons. The molecule has 0 saturated carbocycles. The fraction of sp³-hybridized carbons (Fsp3) is 0.0175. The van der Waals surface area contributed by atoms with Gasteiger partial charge in [-0.25, -0.2) is 0 Å². The van der Waals surface area contributed by atoms with E-state index in [4.69, 9.17) is 0 Å². The molecule has 2 heterocycles. The summed E-state index contributed by atoms with van der Waals surface area (Å²) in [5, 5.41) is 3.91. The van der Waals surface area contributed by atoms with Gasteiger partial charge in [-0.15, -0.1) is 22.7 Å². The highest BCUT2D eigenvalue weighted by Gasteiger charge is 2.55. The molecule has 61 heavy (non-hydrogen) atoms. The Labute approximate surface area is 362 Å². The average Bonchev–Trinajstić information content (AvgIpc) is 4.05. The van der Waals surface area contributed by atoms with Crippen molar-refractivity contribution in [1.29, 1.82) is 0 Å². The summed E-state index contributed by atoms with van der Waals surface area (Å²) in [6.45, 7) is 0. The Kier molecular flexibility index (Phi) is 7.59. The van der Waals surface area contributed by atoms with Gasteiger partial charge in [0.2, 0.25) is 0 Å². The number of rotatable bonds is 6. The maximum atomic E-state index is 2.49. The van der Waals surface area contributed by atoms with Gasteiger partial charge in [-0.2, -0.15) is 0 Å². The van der Waals surface area contributed by atoms with Crippen LogP contribution in [0.1, 0.15) is 22.3 Å². The van der Waals surface area contributed by atoms with Crippen LogP contribution in [0.2, 0.25) is 0 Å². The molecule has 0 aliphatic heterocycles. The maximum absolute atomic E-state index is 2.49. The minimum Gasteiger partial charge on any atom is -0.310 e. The summed E-state index contributed by atoms with van der Waals surface area (Å²) in [4.78, 5) is 6.28. The van der Waals surface area contributed by atoms with Gasteiger partial charge in [-0.1, -0.05) is 140 Å². The molecule has 2 aliphatic carbocycles. The van der Waals surface area contributed by atoms with E-state index in [2.05, 4.69) is 228 Å². The molecule has 11 aromatic rings. The van der Waals surface area contributed by atoms with Crippen molar-refractivity contribution in [1.82, 2.24) is 0 Å². The predicted octanol–water partition coefficient (Wildman–Crippen LogP) is 16.6. The number of benzene rings is 9. The Morgan fingerprint density at radius 1 is 0.328 bits per heavy atom. The highest BCUT2D eigenvalue weighted by Crippen LogP contribution is 2.69. The Balaban J connectivity index is 1.13. The Morgan fingerprint density at radius 3 is 1.49 bits per heavy atom. The first-order valence-corrected chi connectivity index (χ1v) is 22.5. The standard InChI is InChI=1S/C57H36N2S2/c1-4-18-37(19-5-1)58(38-20-6-2-7-21-38)49-31-17-29-47-54(49)56-55(43-26-12-15-33-51(43)61-56)57(47)45-27-13-10-25-42(45)53-46(57)28-16-30-48(53)59(39-22-8-3-9-23-39)40-34-35-52-44(36-40)41-24-11-14-32-50(41)60-52/h1-36H. The van der Waals surface area contributed by atoms with Crippen LogP contribution in [-0.4, -0.2) is 0 Å². The molecule has 0 saturated heterocycles. The van der Waals surface area contributed by atoms with Gasteiger partial charge in [-0.3, -0.25) is 0 Å². The zero-order valence-electron chi connectivity index (χ0n) is 33.0. The van der Waals surface area contributed by atoms with Crippen molar-refractivity contribution in [3.8, 4) is 21.6 Å². The number of para-hydroxylation sites is 3. The van der Waals surface area contributed by atoms with Gasteiger partial charge >= 0.3 is 0 Å². The lowest BCUT2D eigenvalue weighted by atomic mass is 9.70. The second kappa shape index (κ2) is 13.4. The zero-order valence-corrected chi connectivity index (χ0v) is 34.6. The zero-order chi connectivity index (χ0) is 40.1. The van der Waals surface area contributed by atoms with Crippen molar-refractivity contribution in [3.63, 3.8) is 0 Å². The highest BCUT2D eigenvalue weighted by molar-refractivity contribution is 7.25. The van der Waals surface area contributed by atoms with E-state index >= 15 is 0 Å². The molecule has 4 heteroatoms. The van der Waals surface area contributed by atoms with E-state index in [1.807, 2.05) is 22.7 Å². The number of hydrogen-bond acceptors (Lipinski definition) is 4. The number of fused-ring (bicyclic) bond motifs is 15. The van der Waals surface area contributed by atoms with Crippen LogP contribution in [0, 0.1) is 0 Å². The van der Waals surface area contributed by atoms with Gasteiger partial charge in [0.05, 0.1) is 16.8 Å². The molecule has 0 N–H and O–H groups in total. The van der Waals surface area contributed by atoms with Crippen molar-refractivity contribution in [2.24, 2.45) is 0 Å². The molecule has 13 rings (SSSR count). The molecule has 0 fully saturated rings. The number of hydrogen-bond donors (Lipinski definition) is 0. The molecule has 9 aromatic carbocycles. The lowest BCUT2D eigenvalue weighted by Gasteiger charge is -2.33. The van der Waals surface area contributed by atoms with Crippen LogP contribution in [0.25, 0.3) is 51.8 Å². The summed E-state index contributed by atoms with van der Waals surface area (Å²) in [7, 11) is 0. The molecule has 0 bridgehead atoms. The van der Waals surface area contributed by atoms with E-state index in [1.54, 1.807) is 0 Å². The first-order valence-electron chi connectivity index (χ1n) is 20.8. The number of thiophene rings is 2. The monoisotopic (exact) mass is 812 g/mol. The van der Waals surface area contributed by atoms with Crippen LogP contribution in [0.4, 0.5) is 34.1 Å². The predicted molar refractivity (Wildman–Crippen MR) is 260 cm³/mol. The summed E-state index contributed by atoms with van der Waals surface area (Å²) in [6, 6.07) is 80.8. The average molecular weight is 813 g/mol. The molecular formula is C57H36N2S2. The third-order valence-electron chi connectivity index (χ3n) is 12.8. The second-order valence-electron chi connectivity index (χ2n) is 16.0. The Bertz CT molecular complexity index is 3460. The fourth-order valence-electron chi connectivity index (χ4n) is 10.5. The lowest BCUT2D eigenvalue weighted by molar-refractivity contribution is 0.802. The van der Waals surface area contributed by atoms with Gasteiger partial charge in [0.25, 0.3) is 0 Å². The topological polar surface area (TPSA) is 6.48 Å². The molecule has 1 atom stereocenters. The van der Waals surface area contributed by atoms with Crippen molar-refractivity contribution < 1.29 is 0 Å². The summed E-state index contributed by atoms with van der Waals surface area (Å²) in [6.07, 6.45) is 0. The summed E-state index contributed by atoms with van der Waals surface area (Å²) >= 11 is 3.80. The summed E-state index contributed by atoms with van der Waals surface area (Å²) in [5.41, 5.74) is 15.6. The van der Waals surface area contributed by atoms with E-state index in [1.165, 1.54) is 85.5 Å². The van der Waals surface area contributed by atoms with E-state index in [0.29, 0.717) is 0 Å². The molecular weight excluding hydrogens is 777 g/mol. The van der Waals surface area contributed by atoms with Gasteiger partial charge < -0.3 is 9.80 Å². The van der Waals surface area contributed by atoms with E-state index < -0.39 is 5.41 Å². The van der Waals surface area contributed by atoms with Crippen LogP contribution in [0.5, 0.6) is 0 Å². The van der Waals surface area contributed by atoms with Crippen molar-refractivity contribution in [2.75, 3.05) is 9.80 Å². The van der Waals surface area contributed by atoms with E-state index in [0.717, 1.165) is 22.7 Å². The normalized spacial score (nSPS) is 14.6. The van der Waals surface area contributed by atoms with Gasteiger partial charge in [-0.05, 0) is 112 Å². The number of anilines is 6. The molecule has 1 spiro atoms. The summed E-state index contributed by atoms with van der Waals surface area (Å²) < 4.78 is 3.92. The SMILES string of the molecule is c1ccc(N(c2ccc3sc4ccccc4c3c2)c2cccc3c2-c2ccccc2C32c3cccc(N(c4ccccc4)c4ccccc4)c3-c3sc4ccccc4c32)cc1. The van der Waals surface area contributed by atoms with Crippen molar-refractivity contribution in [2.45, 2.75) is 5.41 Å². The third-order valence-corrected chi connectivity index (χ3v) is 15.2. The van der Waals surface area contributed by atoms with Crippen LogP contribution in [-0.2, 0) is 5.41 Å². The van der Waals surface area contributed by atoms with Crippen LogP contribution >= 0.6 is 22.7 Å². The first kappa shape index (κ1) is 34.6. The first-order chi connectivity index (χ1) is 30.3. The minimum absolute atomic E-state index is 0.558. The third kappa shape index (κ3) is 4.89. The molecule has 2 nitrogen and oxygen atoms in total.